The quantitative estimate of drug-likeness (QED) is 0.0121. The number of hydrogen-bond donors (Lipinski definition) is 6. The molecule has 1 unspecified atom stereocenters. The Balaban J connectivity index is 0.000000496. The molecule has 0 spiro atoms. The summed E-state index contributed by atoms with van der Waals surface area (Å²) in [5, 5.41) is 40.2. The second-order valence-electron chi connectivity index (χ2n) is 27.2. The maximum Gasteiger partial charge on any atom is 0.428 e. The standard InChI is InChI=1S/C14H14F2INO3.C14H15F2NO4.C13H12F2INO4.C13H13F2NO5.C11H15ClNO4P.C6H5Cl2O2P.C6H13NO2.CH4.ClH/c1-3-5-13(15)9(2)14(16,8-17)21-12(13)18-6-4-10(19)7-11(18)20;1-3-5-13(15)9(2)14(16,8-18)21-12(13)17-6-4-10(19)7-11(17)20;1-2-4-12(14)10(20)13(15,7-16)21-11(12)17-5-3-8(18)6-9(17)19;1-2-4-12(14)10(20)13(15,7-17)21-11(12)16-5-3-8(18)6-9(16)19;1-3-16-11(14)9(2)13-18(12,15)17-10-7-5-4-6-8-10;7-11(8,9)10-6-4-2-1-3-5-6;1-4(2)9-6(8)5(3)7;;/h4-6,9,12H,1,7-8H2,2H3;4-6,9,12,18H,1,7-8H2,2H3;3-5,10-11,20H,1,6-7H2;3-5,10-11,17,20H,1,6-7H2;4-9H,3H2,1-2H3,(H,13,15);1-5H;4-5H,7H2,1-3H3;1H4;1H/t2*9-,12+,13+,14+;2*10-,11+,12+,13+;9-,18?;;5-;;/m00000.0../s1. The van der Waals surface area contributed by atoms with Crippen molar-refractivity contribution in [1.82, 2.24) is 24.7 Å². The highest BCUT2D eigenvalue weighted by molar-refractivity contribution is 14.1. The Kier molecular flexibility index (Phi) is 43.8. The van der Waals surface area contributed by atoms with E-state index in [1.54, 1.807) is 134 Å². The van der Waals surface area contributed by atoms with Crippen LogP contribution in [0.3, 0.4) is 0 Å². The Morgan fingerprint density at radius 1 is 0.548 bits per heavy atom. The molecular formula is C78H92Cl4F8I2N6O24P2. The minimum Gasteiger partial charge on any atom is -0.465 e. The van der Waals surface area contributed by atoms with Crippen molar-refractivity contribution in [3.8, 4) is 11.5 Å². The molecule has 0 aromatic heterocycles. The number of aliphatic hydroxyl groups is 4. The molecule has 4 saturated heterocycles. The van der Waals surface area contributed by atoms with E-state index < -0.39 is 200 Å². The van der Waals surface area contributed by atoms with Gasteiger partial charge in [-0.2, -0.15) is 0 Å². The third-order valence-corrected chi connectivity index (χ3v) is 22.4. The van der Waals surface area contributed by atoms with Gasteiger partial charge in [-0.3, -0.25) is 67.5 Å². The minimum absolute atomic E-state index is 0. The number of nitrogens with one attached hydrogen (secondary N) is 1. The van der Waals surface area contributed by atoms with Crippen LogP contribution >= 0.6 is 104 Å². The molecule has 8 heterocycles. The fraction of sp³-hybridized carbons (Fsp3) is 0.462. The molecule has 686 valence electrons. The Morgan fingerprint density at radius 2 is 0.847 bits per heavy atom. The zero-order valence-corrected chi connectivity index (χ0v) is 75.5. The third kappa shape index (κ3) is 28.9. The van der Waals surface area contributed by atoms with E-state index >= 15 is 13.2 Å². The Labute approximate surface area is 756 Å². The van der Waals surface area contributed by atoms with Crippen LogP contribution in [0.2, 0.25) is 0 Å². The fourth-order valence-electron chi connectivity index (χ4n) is 11.6. The van der Waals surface area contributed by atoms with Crippen LogP contribution in [0.4, 0.5) is 35.1 Å². The number of para-hydroxylation sites is 2. The monoisotopic (exact) mass is 2100 g/mol. The number of halogens is 14. The van der Waals surface area contributed by atoms with Gasteiger partial charge in [0.05, 0.1) is 59.1 Å². The van der Waals surface area contributed by atoms with E-state index in [-0.39, 0.29) is 59.6 Å². The van der Waals surface area contributed by atoms with Gasteiger partial charge in [-0.15, -0.1) is 35.3 Å². The second kappa shape index (κ2) is 48.2. The summed E-state index contributed by atoms with van der Waals surface area (Å²) in [7, 11) is 0. The molecule has 8 aliphatic heterocycles. The van der Waals surface area contributed by atoms with Crippen molar-refractivity contribution < 1.29 is 150 Å². The number of ether oxygens (including phenoxy) is 6. The summed E-state index contributed by atoms with van der Waals surface area (Å²) in [6.45, 7) is 18.1. The number of nitrogens with zero attached hydrogens (tertiary/aromatic N) is 4. The van der Waals surface area contributed by atoms with E-state index in [0.717, 1.165) is 82.0 Å². The van der Waals surface area contributed by atoms with Crippen LogP contribution in [0.15, 0.2) is 183 Å². The number of carbonyl (C=O) groups excluding carboxylic acids is 10. The number of carbonyl (C=O) groups is 10. The van der Waals surface area contributed by atoms with Gasteiger partial charge < -0.3 is 63.6 Å². The molecule has 19 atom stereocenters. The second-order valence-corrected chi connectivity index (χ2v) is 35.6. The summed E-state index contributed by atoms with van der Waals surface area (Å²) >= 11 is 19.4. The zero-order valence-electron chi connectivity index (χ0n) is 66.3. The number of amides is 4. The van der Waals surface area contributed by atoms with Crippen molar-refractivity contribution in [3.05, 3.63) is 183 Å². The smallest absolute Gasteiger partial charge is 0.428 e. The number of hydrogen-bond acceptors (Lipinski definition) is 25. The molecule has 2 aromatic rings. The maximum absolute atomic E-state index is 15.3. The molecule has 46 heteroatoms. The highest BCUT2D eigenvalue weighted by Gasteiger charge is 2.70. The molecule has 2 aromatic carbocycles. The lowest BCUT2D eigenvalue weighted by Gasteiger charge is -2.33. The van der Waals surface area contributed by atoms with Crippen LogP contribution in [0.1, 0.15) is 81.6 Å². The summed E-state index contributed by atoms with van der Waals surface area (Å²) in [4.78, 5) is 117. The highest BCUT2D eigenvalue weighted by Crippen LogP contribution is 2.57. The number of nitrogens with two attached hydrogens (primary N) is 1. The van der Waals surface area contributed by atoms with E-state index in [0.29, 0.717) is 22.5 Å². The number of aliphatic hydroxyl groups excluding tert-OH is 4. The summed E-state index contributed by atoms with van der Waals surface area (Å²) in [5.41, 5.74) is 3.66. The predicted octanol–water partition coefficient (Wildman–Crippen LogP) is 12.3. The van der Waals surface area contributed by atoms with E-state index in [4.69, 9.17) is 82.6 Å². The van der Waals surface area contributed by atoms with Gasteiger partial charge in [0, 0.05) is 70.7 Å². The summed E-state index contributed by atoms with van der Waals surface area (Å²) in [5.74, 6) is -17.9. The molecule has 0 radical (unpaired) electrons. The van der Waals surface area contributed by atoms with Gasteiger partial charge in [0.2, 0.25) is 52.5 Å². The fourth-order valence-corrected chi connectivity index (χ4v) is 15.5. The lowest BCUT2D eigenvalue weighted by Crippen LogP contribution is -2.52. The number of rotatable bonds is 22. The molecular weight excluding hydrogens is 2010 g/mol. The van der Waals surface area contributed by atoms with E-state index in [1.165, 1.54) is 20.8 Å². The average molecular weight is 2110 g/mol. The summed E-state index contributed by atoms with van der Waals surface area (Å²) < 4.78 is 180. The van der Waals surface area contributed by atoms with E-state index in [9.17, 15) is 89.2 Å². The van der Waals surface area contributed by atoms with Crippen molar-refractivity contribution in [1.29, 1.82) is 0 Å². The Bertz CT molecular complexity index is 4210. The molecule has 4 amide bonds. The van der Waals surface area contributed by atoms with Crippen LogP contribution in [-0.2, 0) is 85.5 Å². The molecule has 0 saturated carbocycles. The maximum atomic E-state index is 15.3. The summed E-state index contributed by atoms with van der Waals surface area (Å²) in [6, 6.07) is 15.7. The third-order valence-electron chi connectivity index (χ3n) is 17.9. The van der Waals surface area contributed by atoms with Gasteiger partial charge in [-0.25, -0.2) is 49.3 Å². The SMILES string of the molecule is C.C=C=C[C@]1(F)[C@H](N2C=CC(=O)CC2=O)O[C@](F)(CI)[C@H]1C.C=C=C[C@]1(F)[C@H](N2C=CC(=O)CC2=O)O[C@](F)(CI)[C@H]1O.C=C=C[C@]1(F)[C@H](N2C=CC(=O)CC2=O)O[C@](F)(CO)[C@H]1C.C=C=C[C@]1(F)[C@H](N2C=CC(=O)CC2=O)O[C@](F)(CO)[C@H]1O.CC(C)OC(=O)[C@H](C)N.CCOC(=O)[C@H](C)NP(=O)(Cl)Oc1ccccc1.Cl.O=P(Cl)(Cl)Oc1ccccc1. The summed E-state index contributed by atoms with van der Waals surface area (Å²) in [6.07, 6.45) is -4.98. The van der Waals surface area contributed by atoms with E-state index in [1.807, 2.05) is 0 Å². The zero-order chi connectivity index (χ0) is 92.7. The first kappa shape index (κ1) is 113. The van der Waals surface area contributed by atoms with Gasteiger partial charge in [0.1, 0.15) is 36.8 Å². The molecule has 0 bridgehead atoms. The van der Waals surface area contributed by atoms with Crippen LogP contribution in [0, 0.1) is 11.8 Å². The van der Waals surface area contributed by atoms with Gasteiger partial charge in [-0.05, 0) is 95.3 Å². The van der Waals surface area contributed by atoms with E-state index in [2.05, 4.69) is 58.9 Å². The minimum atomic E-state index is -3.63. The van der Waals surface area contributed by atoms with Crippen molar-refractivity contribution in [3.63, 3.8) is 0 Å². The molecule has 8 aliphatic rings. The Morgan fingerprint density at radius 3 is 1.14 bits per heavy atom. The normalized spacial score (nSPS) is 31.0. The van der Waals surface area contributed by atoms with Gasteiger partial charge in [0.15, 0.2) is 71.6 Å². The topological polar surface area (TPSA) is 411 Å². The molecule has 124 heavy (non-hydrogen) atoms. The molecule has 0 aliphatic carbocycles. The van der Waals surface area contributed by atoms with Crippen LogP contribution in [0.25, 0.3) is 0 Å². The molecule has 7 N–H and O–H groups in total. The first-order valence-corrected chi connectivity index (χ1v) is 44.9. The van der Waals surface area contributed by atoms with Crippen molar-refractivity contribution in [2.24, 2.45) is 17.6 Å². The number of benzene rings is 2. The lowest BCUT2D eigenvalue weighted by molar-refractivity contribution is -0.212. The van der Waals surface area contributed by atoms with Crippen molar-refractivity contribution in [2.45, 2.75) is 183 Å². The van der Waals surface area contributed by atoms with Crippen molar-refractivity contribution >= 4 is 163 Å². The number of ketones is 4. The predicted molar refractivity (Wildman–Crippen MR) is 455 cm³/mol. The molecule has 30 nitrogen and oxygen atoms in total. The molecule has 4 fully saturated rings. The number of alkyl halides is 10. The highest BCUT2D eigenvalue weighted by atomic mass is 127. The average Bonchev–Trinajstić information content (AvgIpc) is 1.60. The van der Waals surface area contributed by atoms with Crippen molar-refractivity contribution in [2.75, 3.05) is 28.7 Å². The Hall–Kier alpha value is -7.30. The van der Waals surface area contributed by atoms with Gasteiger partial charge >= 0.3 is 24.9 Å². The van der Waals surface area contributed by atoms with Crippen LogP contribution < -0.4 is 19.9 Å². The van der Waals surface area contributed by atoms with Crippen LogP contribution in [0.5, 0.6) is 11.5 Å². The largest absolute Gasteiger partial charge is 0.465 e. The lowest BCUT2D eigenvalue weighted by atomic mass is 9.86. The molecule has 10 rings (SSSR count). The van der Waals surface area contributed by atoms with Crippen LogP contribution in [-0.4, -0.2) is 229 Å². The number of esters is 2. The van der Waals surface area contributed by atoms with Gasteiger partial charge in [0.25, 0.3) is 5.85 Å². The first-order valence-electron chi connectivity index (χ1n) is 35.9. The van der Waals surface area contributed by atoms with Gasteiger partial charge in [-0.1, -0.05) is 129 Å². The number of allylic oxidation sites excluding steroid dienone is 4. The first-order chi connectivity index (χ1) is 56.7.